The number of carboxylic acids is 1. The molecule has 0 unspecified atom stereocenters. The molecule has 0 saturated heterocycles. The van der Waals surface area contributed by atoms with Gasteiger partial charge in [-0.15, -0.1) is 11.8 Å². The number of benzene rings is 1. The van der Waals surface area contributed by atoms with Gasteiger partial charge in [0.15, 0.2) is 5.76 Å². The summed E-state index contributed by atoms with van der Waals surface area (Å²) in [5, 5.41) is 10.7. The van der Waals surface area contributed by atoms with Gasteiger partial charge in [0.05, 0.1) is 6.26 Å². The molecular formula is C12H9O3S-. The van der Waals surface area contributed by atoms with Gasteiger partial charge < -0.3 is 14.3 Å². The molecular weight excluding hydrogens is 224 g/mol. The number of carbonyl (C=O) groups is 1. The molecule has 2 aromatic rings. The summed E-state index contributed by atoms with van der Waals surface area (Å²) in [6.45, 7) is 0. The standard InChI is InChI=1S/C12H10O3S/c13-12(14)11-9(6-7-15-11)8-16-10-4-2-1-3-5-10/h1-7H,8H2,(H,13,14)/p-1. The van der Waals surface area contributed by atoms with Crippen molar-refractivity contribution in [3.05, 3.63) is 54.0 Å². The smallest absolute Gasteiger partial charge is 0.153 e. The van der Waals surface area contributed by atoms with Gasteiger partial charge >= 0.3 is 0 Å². The first-order valence-electron chi connectivity index (χ1n) is 4.73. The van der Waals surface area contributed by atoms with Gasteiger partial charge in [0.2, 0.25) is 0 Å². The zero-order chi connectivity index (χ0) is 11.4. The van der Waals surface area contributed by atoms with Gasteiger partial charge in [-0.2, -0.15) is 0 Å². The molecule has 0 amide bonds. The Labute approximate surface area is 97.1 Å². The maximum Gasteiger partial charge on any atom is 0.153 e. The van der Waals surface area contributed by atoms with Gasteiger partial charge in [-0.1, -0.05) is 18.2 Å². The van der Waals surface area contributed by atoms with Crippen LogP contribution >= 0.6 is 11.8 Å². The quantitative estimate of drug-likeness (QED) is 0.757. The van der Waals surface area contributed by atoms with Crippen LogP contribution in [0.5, 0.6) is 0 Å². The van der Waals surface area contributed by atoms with E-state index in [1.807, 2.05) is 30.3 Å². The van der Waals surface area contributed by atoms with Crippen molar-refractivity contribution in [1.82, 2.24) is 0 Å². The highest BCUT2D eigenvalue weighted by Crippen LogP contribution is 2.24. The number of hydrogen-bond donors (Lipinski definition) is 0. The fourth-order valence-corrected chi connectivity index (χ4v) is 2.21. The molecule has 0 saturated carbocycles. The third-order valence-corrected chi connectivity index (χ3v) is 3.13. The average Bonchev–Trinajstić information content (AvgIpc) is 2.76. The molecule has 1 heterocycles. The van der Waals surface area contributed by atoms with E-state index in [0.717, 1.165) is 4.90 Å². The molecule has 3 nitrogen and oxygen atoms in total. The van der Waals surface area contributed by atoms with Crippen molar-refractivity contribution in [3.63, 3.8) is 0 Å². The van der Waals surface area contributed by atoms with Crippen LogP contribution in [0, 0.1) is 0 Å². The zero-order valence-electron chi connectivity index (χ0n) is 8.38. The molecule has 82 valence electrons. The minimum absolute atomic E-state index is 0.0802. The van der Waals surface area contributed by atoms with E-state index in [1.165, 1.54) is 6.26 Å². The summed E-state index contributed by atoms with van der Waals surface area (Å²) in [6, 6.07) is 11.4. The highest BCUT2D eigenvalue weighted by atomic mass is 32.2. The van der Waals surface area contributed by atoms with Gasteiger partial charge in [0.25, 0.3) is 0 Å². The predicted molar refractivity (Wildman–Crippen MR) is 59.0 cm³/mol. The number of thioether (sulfide) groups is 1. The molecule has 1 aromatic heterocycles. The molecule has 16 heavy (non-hydrogen) atoms. The molecule has 0 aliphatic rings. The van der Waals surface area contributed by atoms with Crippen LogP contribution in [-0.2, 0) is 5.75 Å². The third kappa shape index (κ3) is 2.46. The molecule has 0 atom stereocenters. The van der Waals surface area contributed by atoms with Crippen LogP contribution in [0.1, 0.15) is 16.1 Å². The first kappa shape index (κ1) is 10.8. The second kappa shape index (κ2) is 4.90. The maximum atomic E-state index is 10.7. The van der Waals surface area contributed by atoms with E-state index in [0.29, 0.717) is 11.3 Å². The summed E-state index contributed by atoms with van der Waals surface area (Å²) < 4.78 is 4.84. The van der Waals surface area contributed by atoms with Crippen LogP contribution in [0.3, 0.4) is 0 Å². The van der Waals surface area contributed by atoms with Crippen molar-refractivity contribution >= 4 is 17.7 Å². The van der Waals surface area contributed by atoms with E-state index in [9.17, 15) is 9.90 Å². The Morgan fingerprint density at radius 3 is 2.69 bits per heavy atom. The SMILES string of the molecule is O=C([O-])c1occc1CSc1ccccc1. The Morgan fingerprint density at radius 1 is 1.25 bits per heavy atom. The average molecular weight is 233 g/mol. The van der Waals surface area contributed by atoms with Crippen molar-refractivity contribution in [1.29, 1.82) is 0 Å². The van der Waals surface area contributed by atoms with Gasteiger partial charge in [-0.25, -0.2) is 0 Å². The van der Waals surface area contributed by atoms with Crippen molar-refractivity contribution in [2.75, 3.05) is 0 Å². The van der Waals surface area contributed by atoms with Gasteiger partial charge in [0.1, 0.15) is 5.97 Å². The highest BCUT2D eigenvalue weighted by molar-refractivity contribution is 7.98. The van der Waals surface area contributed by atoms with E-state index in [-0.39, 0.29) is 5.76 Å². The number of furan rings is 1. The topological polar surface area (TPSA) is 53.3 Å². The van der Waals surface area contributed by atoms with Crippen molar-refractivity contribution in [2.45, 2.75) is 10.6 Å². The van der Waals surface area contributed by atoms with Crippen molar-refractivity contribution < 1.29 is 14.3 Å². The zero-order valence-corrected chi connectivity index (χ0v) is 9.20. The molecule has 4 heteroatoms. The first-order chi connectivity index (χ1) is 7.77. The number of rotatable bonds is 4. The lowest BCUT2D eigenvalue weighted by molar-refractivity contribution is -0.257. The number of carbonyl (C=O) groups excluding carboxylic acids is 1. The van der Waals surface area contributed by atoms with Crippen LogP contribution in [0.25, 0.3) is 0 Å². The van der Waals surface area contributed by atoms with Crippen LogP contribution in [0.15, 0.2) is 52.0 Å². The molecule has 2 rings (SSSR count). The fourth-order valence-electron chi connectivity index (χ4n) is 1.31. The van der Waals surface area contributed by atoms with Gasteiger partial charge in [-0.3, -0.25) is 0 Å². The molecule has 0 N–H and O–H groups in total. The van der Waals surface area contributed by atoms with E-state index in [2.05, 4.69) is 0 Å². The summed E-state index contributed by atoms with van der Waals surface area (Å²) in [5.41, 5.74) is 0.647. The summed E-state index contributed by atoms with van der Waals surface area (Å²) in [6.07, 6.45) is 1.37. The van der Waals surface area contributed by atoms with Crippen LogP contribution < -0.4 is 5.11 Å². The highest BCUT2D eigenvalue weighted by Gasteiger charge is 2.07. The predicted octanol–water partition coefficient (Wildman–Crippen LogP) is 1.94. The fraction of sp³-hybridized carbons (Fsp3) is 0.0833. The molecule has 0 radical (unpaired) electrons. The monoisotopic (exact) mass is 233 g/mol. The van der Waals surface area contributed by atoms with E-state index < -0.39 is 5.97 Å². The van der Waals surface area contributed by atoms with Crippen LogP contribution in [0.4, 0.5) is 0 Å². The lowest BCUT2D eigenvalue weighted by atomic mass is 10.3. The maximum absolute atomic E-state index is 10.7. The first-order valence-corrected chi connectivity index (χ1v) is 5.71. The molecule has 0 aliphatic heterocycles. The molecule has 0 spiro atoms. The van der Waals surface area contributed by atoms with E-state index in [4.69, 9.17) is 4.42 Å². The number of hydrogen-bond acceptors (Lipinski definition) is 4. The van der Waals surface area contributed by atoms with E-state index >= 15 is 0 Å². The summed E-state index contributed by atoms with van der Waals surface area (Å²) in [7, 11) is 0. The van der Waals surface area contributed by atoms with Crippen molar-refractivity contribution in [2.24, 2.45) is 0 Å². The molecule has 0 aliphatic carbocycles. The summed E-state index contributed by atoms with van der Waals surface area (Å²) in [4.78, 5) is 11.8. The Bertz CT molecular complexity index is 476. The van der Waals surface area contributed by atoms with E-state index in [1.54, 1.807) is 17.8 Å². The van der Waals surface area contributed by atoms with Crippen molar-refractivity contribution in [3.8, 4) is 0 Å². The number of carboxylic acid groups (broad SMARTS) is 1. The molecule has 0 bridgehead atoms. The lowest BCUT2D eigenvalue weighted by Gasteiger charge is -2.03. The van der Waals surface area contributed by atoms with Gasteiger partial charge in [-0.05, 0) is 18.2 Å². The van der Waals surface area contributed by atoms with Gasteiger partial charge in [0, 0.05) is 16.2 Å². The normalized spacial score (nSPS) is 10.2. The third-order valence-electron chi connectivity index (χ3n) is 2.07. The second-order valence-corrected chi connectivity index (χ2v) is 4.21. The van der Waals surface area contributed by atoms with Crippen LogP contribution in [0.2, 0.25) is 0 Å². The Balaban J connectivity index is 2.05. The number of aromatic carboxylic acids is 1. The lowest BCUT2D eigenvalue weighted by Crippen LogP contribution is -2.22. The summed E-state index contributed by atoms with van der Waals surface area (Å²) in [5.74, 6) is -0.791. The largest absolute Gasteiger partial charge is 0.542 e. The Hall–Kier alpha value is -1.68. The second-order valence-electron chi connectivity index (χ2n) is 3.16. The minimum Gasteiger partial charge on any atom is -0.542 e. The Kier molecular flexibility index (Phi) is 3.31. The minimum atomic E-state index is -1.27. The summed E-state index contributed by atoms with van der Waals surface area (Å²) >= 11 is 1.56. The Morgan fingerprint density at radius 2 is 2.00 bits per heavy atom. The van der Waals surface area contributed by atoms with Crippen LogP contribution in [-0.4, -0.2) is 5.97 Å². The molecule has 1 aromatic carbocycles. The molecule has 0 fully saturated rings.